The molecule has 0 atom stereocenters. The van der Waals surface area contributed by atoms with E-state index in [0.29, 0.717) is 0 Å². The number of benzene rings is 1. The van der Waals surface area contributed by atoms with Gasteiger partial charge in [-0.05, 0) is 23.5 Å². The first-order valence-corrected chi connectivity index (χ1v) is 6.90. The molecule has 102 valence electrons. The minimum Gasteiger partial charge on any atom is -0.325 e. The Kier molecular flexibility index (Phi) is 3.93. The molecular weight excluding hydrogens is 234 g/mol. The van der Waals surface area contributed by atoms with Crippen LogP contribution in [0.5, 0.6) is 0 Å². The lowest BCUT2D eigenvalue weighted by Gasteiger charge is -2.23. The molecule has 0 aliphatic carbocycles. The highest BCUT2D eigenvalue weighted by Crippen LogP contribution is 2.30. The van der Waals surface area contributed by atoms with Crippen molar-refractivity contribution >= 4 is 11.6 Å². The van der Waals surface area contributed by atoms with Gasteiger partial charge in [-0.3, -0.25) is 0 Å². The maximum Gasteiger partial charge on any atom is 0.207 e. The van der Waals surface area contributed by atoms with Crippen molar-refractivity contribution in [2.45, 2.75) is 46.1 Å². The third-order valence-corrected chi connectivity index (χ3v) is 3.16. The smallest absolute Gasteiger partial charge is 0.207 e. The molecule has 1 N–H and O–H groups in total. The zero-order valence-corrected chi connectivity index (χ0v) is 12.3. The predicted molar refractivity (Wildman–Crippen MR) is 80.9 cm³/mol. The third kappa shape index (κ3) is 3.16. The van der Waals surface area contributed by atoms with Gasteiger partial charge in [0, 0.05) is 24.6 Å². The molecule has 2 rings (SSSR count). The van der Waals surface area contributed by atoms with Gasteiger partial charge in [0.05, 0.1) is 0 Å². The number of hydrogen-bond donors (Lipinski definition) is 1. The van der Waals surface area contributed by atoms with Crippen LogP contribution in [-0.4, -0.2) is 9.55 Å². The first-order chi connectivity index (χ1) is 9.02. The first-order valence-electron chi connectivity index (χ1n) is 6.90. The molecule has 19 heavy (non-hydrogen) atoms. The second kappa shape index (κ2) is 5.47. The van der Waals surface area contributed by atoms with E-state index in [0.717, 1.165) is 24.6 Å². The van der Waals surface area contributed by atoms with Crippen molar-refractivity contribution in [1.82, 2.24) is 9.55 Å². The van der Waals surface area contributed by atoms with Crippen LogP contribution in [-0.2, 0) is 12.0 Å². The third-order valence-electron chi connectivity index (χ3n) is 3.16. The number of nitrogens with one attached hydrogen (secondary N) is 1. The Morgan fingerprint density at radius 1 is 1.21 bits per heavy atom. The molecule has 0 amide bonds. The summed E-state index contributed by atoms with van der Waals surface area (Å²) >= 11 is 0. The van der Waals surface area contributed by atoms with E-state index < -0.39 is 0 Å². The molecular formula is C16H23N3. The van der Waals surface area contributed by atoms with Crippen molar-refractivity contribution in [3.63, 3.8) is 0 Å². The summed E-state index contributed by atoms with van der Waals surface area (Å²) in [5.74, 6) is 0.915. The van der Waals surface area contributed by atoms with Gasteiger partial charge in [-0.2, -0.15) is 0 Å². The number of anilines is 2. The van der Waals surface area contributed by atoms with Crippen molar-refractivity contribution in [2.24, 2.45) is 0 Å². The second-order valence-corrected chi connectivity index (χ2v) is 5.86. The Morgan fingerprint density at radius 3 is 2.63 bits per heavy atom. The average molecular weight is 257 g/mol. The van der Waals surface area contributed by atoms with Gasteiger partial charge >= 0.3 is 0 Å². The van der Waals surface area contributed by atoms with Crippen molar-refractivity contribution in [1.29, 1.82) is 0 Å². The Hall–Kier alpha value is -1.77. The van der Waals surface area contributed by atoms with Crippen molar-refractivity contribution in [3.05, 3.63) is 42.2 Å². The molecule has 0 unspecified atom stereocenters. The molecule has 0 radical (unpaired) electrons. The topological polar surface area (TPSA) is 29.9 Å². The molecule has 1 aromatic heterocycles. The lowest BCUT2D eigenvalue weighted by atomic mass is 9.86. The monoisotopic (exact) mass is 257 g/mol. The highest BCUT2D eigenvalue weighted by Gasteiger charge is 2.18. The summed E-state index contributed by atoms with van der Waals surface area (Å²) in [5, 5.41) is 3.46. The van der Waals surface area contributed by atoms with Crippen LogP contribution in [0.3, 0.4) is 0 Å². The molecule has 1 heterocycles. The number of hydrogen-bond acceptors (Lipinski definition) is 2. The minimum absolute atomic E-state index is 0.117. The Morgan fingerprint density at radius 2 is 1.95 bits per heavy atom. The second-order valence-electron chi connectivity index (χ2n) is 5.86. The van der Waals surface area contributed by atoms with E-state index in [9.17, 15) is 0 Å². The molecule has 3 nitrogen and oxygen atoms in total. The molecule has 0 saturated heterocycles. The van der Waals surface area contributed by atoms with Gasteiger partial charge < -0.3 is 9.88 Å². The van der Waals surface area contributed by atoms with Crippen LogP contribution in [0.1, 0.15) is 39.7 Å². The summed E-state index contributed by atoms with van der Waals surface area (Å²) in [6.45, 7) is 9.84. The fourth-order valence-electron chi connectivity index (χ4n) is 2.22. The quantitative estimate of drug-likeness (QED) is 0.883. The largest absolute Gasteiger partial charge is 0.325 e. The molecule has 0 saturated carbocycles. The number of aryl methyl sites for hydroxylation is 1. The molecule has 0 aliphatic rings. The number of nitrogens with zero attached hydrogens (tertiary/aromatic N) is 2. The van der Waals surface area contributed by atoms with E-state index in [1.807, 2.05) is 12.4 Å². The van der Waals surface area contributed by atoms with E-state index in [1.54, 1.807) is 0 Å². The van der Waals surface area contributed by atoms with Gasteiger partial charge in [-0.25, -0.2) is 4.98 Å². The van der Waals surface area contributed by atoms with Crippen molar-refractivity contribution in [2.75, 3.05) is 5.32 Å². The standard InChI is InChI=1S/C16H23N3/c1-5-11-19-12-10-17-15(19)18-14-9-7-6-8-13(14)16(2,3)4/h6-10,12H,5,11H2,1-4H3,(H,17,18). The SMILES string of the molecule is CCCn1ccnc1Nc1ccccc1C(C)(C)C. The fraction of sp³-hybridized carbons (Fsp3) is 0.438. The maximum atomic E-state index is 4.41. The van der Waals surface area contributed by atoms with Gasteiger partial charge in [0.1, 0.15) is 0 Å². The summed E-state index contributed by atoms with van der Waals surface area (Å²) in [4.78, 5) is 4.41. The van der Waals surface area contributed by atoms with Crippen LogP contribution in [0.4, 0.5) is 11.6 Å². The zero-order chi connectivity index (χ0) is 13.9. The summed E-state index contributed by atoms with van der Waals surface area (Å²) in [7, 11) is 0. The molecule has 1 aromatic carbocycles. The van der Waals surface area contributed by atoms with E-state index in [2.05, 4.69) is 66.8 Å². The molecule has 2 aromatic rings. The van der Waals surface area contributed by atoms with Crippen molar-refractivity contribution < 1.29 is 0 Å². The Labute approximate surface area is 115 Å². The van der Waals surface area contributed by atoms with Gasteiger partial charge in [0.15, 0.2) is 0 Å². The van der Waals surface area contributed by atoms with E-state index in [1.165, 1.54) is 5.56 Å². The minimum atomic E-state index is 0.117. The molecule has 0 spiro atoms. The van der Waals surface area contributed by atoms with Crippen LogP contribution < -0.4 is 5.32 Å². The van der Waals surface area contributed by atoms with Gasteiger partial charge in [0.2, 0.25) is 5.95 Å². The lowest BCUT2D eigenvalue weighted by molar-refractivity contribution is 0.592. The summed E-state index contributed by atoms with van der Waals surface area (Å²) in [6.07, 6.45) is 4.97. The number of imidazole rings is 1. The maximum absolute atomic E-state index is 4.41. The van der Waals surface area contributed by atoms with Crippen molar-refractivity contribution in [3.8, 4) is 0 Å². The van der Waals surface area contributed by atoms with Crippen LogP contribution in [0, 0.1) is 0 Å². The highest BCUT2D eigenvalue weighted by atomic mass is 15.2. The van der Waals surface area contributed by atoms with E-state index in [-0.39, 0.29) is 5.41 Å². The number of rotatable bonds is 4. The van der Waals surface area contributed by atoms with Gasteiger partial charge in [-0.1, -0.05) is 45.9 Å². The van der Waals surface area contributed by atoms with Crippen LogP contribution >= 0.6 is 0 Å². The highest BCUT2D eigenvalue weighted by molar-refractivity contribution is 5.60. The number of aromatic nitrogens is 2. The van der Waals surface area contributed by atoms with Gasteiger partial charge in [-0.15, -0.1) is 0 Å². The zero-order valence-electron chi connectivity index (χ0n) is 12.3. The van der Waals surface area contributed by atoms with Crippen LogP contribution in [0.25, 0.3) is 0 Å². The first kappa shape index (κ1) is 13.7. The van der Waals surface area contributed by atoms with Crippen LogP contribution in [0.2, 0.25) is 0 Å². The molecule has 0 fully saturated rings. The van der Waals surface area contributed by atoms with Crippen LogP contribution in [0.15, 0.2) is 36.7 Å². The fourth-order valence-corrected chi connectivity index (χ4v) is 2.22. The number of para-hydroxylation sites is 1. The summed E-state index contributed by atoms with van der Waals surface area (Å²) < 4.78 is 2.15. The Balaban J connectivity index is 2.31. The predicted octanol–water partition coefficient (Wildman–Crippen LogP) is 4.33. The summed E-state index contributed by atoms with van der Waals surface area (Å²) in [6, 6.07) is 8.44. The molecule has 0 bridgehead atoms. The normalized spacial score (nSPS) is 11.6. The lowest BCUT2D eigenvalue weighted by Crippen LogP contribution is -2.14. The Bertz CT molecular complexity index is 535. The molecule has 0 aliphatic heterocycles. The molecule has 3 heteroatoms. The average Bonchev–Trinajstić information content (AvgIpc) is 2.77. The van der Waals surface area contributed by atoms with E-state index >= 15 is 0 Å². The van der Waals surface area contributed by atoms with Gasteiger partial charge in [0.25, 0.3) is 0 Å². The van der Waals surface area contributed by atoms with E-state index in [4.69, 9.17) is 0 Å². The summed E-state index contributed by atoms with van der Waals surface area (Å²) in [5.41, 5.74) is 2.56.